The highest BCUT2D eigenvalue weighted by Crippen LogP contribution is 2.14. The van der Waals surface area contributed by atoms with Crippen molar-refractivity contribution >= 4 is 29.9 Å². The van der Waals surface area contributed by atoms with E-state index in [9.17, 15) is 9.18 Å². The highest BCUT2D eigenvalue weighted by molar-refractivity contribution is 6.31. The molecule has 0 unspecified atom stereocenters. The van der Waals surface area contributed by atoms with E-state index in [1.165, 1.54) is 6.07 Å². The van der Waals surface area contributed by atoms with Crippen molar-refractivity contribution in [3.63, 3.8) is 0 Å². The molecule has 3 nitrogen and oxygen atoms in total. The Balaban J connectivity index is 0.00000225. The summed E-state index contributed by atoms with van der Waals surface area (Å²) in [4.78, 5) is 11.5. The Bertz CT molecular complexity index is 354. The van der Waals surface area contributed by atoms with Gasteiger partial charge in [-0.1, -0.05) is 11.6 Å². The normalized spacial score (nSPS) is 11.5. The monoisotopic (exact) mass is 266 g/mol. The van der Waals surface area contributed by atoms with Crippen LogP contribution in [0.25, 0.3) is 0 Å². The second-order valence-electron chi connectivity index (χ2n) is 3.27. The summed E-state index contributed by atoms with van der Waals surface area (Å²) in [5.74, 6) is -0.914. The van der Waals surface area contributed by atoms with Crippen LogP contribution < -0.4 is 11.1 Å². The van der Waals surface area contributed by atoms with Gasteiger partial charge in [0.25, 0.3) is 5.91 Å². The van der Waals surface area contributed by atoms with E-state index in [1.807, 2.05) is 0 Å². The first-order valence-corrected chi connectivity index (χ1v) is 4.87. The third kappa shape index (κ3) is 4.35. The molecule has 1 amide bonds. The fourth-order valence-electron chi connectivity index (χ4n) is 1.05. The average Bonchev–Trinajstić information content (AvgIpc) is 2.16. The van der Waals surface area contributed by atoms with Crippen LogP contribution in [-0.2, 0) is 0 Å². The van der Waals surface area contributed by atoms with Crippen molar-refractivity contribution in [2.24, 2.45) is 5.73 Å². The third-order valence-corrected chi connectivity index (χ3v) is 2.07. The molecule has 0 aliphatic carbocycles. The number of carbonyl (C=O) groups is 1. The fourth-order valence-corrected chi connectivity index (χ4v) is 1.27. The second kappa shape index (κ2) is 6.68. The third-order valence-electron chi connectivity index (χ3n) is 1.86. The smallest absolute Gasteiger partial charge is 0.251 e. The van der Waals surface area contributed by atoms with Crippen LogP contribution in [0.1, 0.15) is 17.3 Å². The lowest BCUT2D eigenvalue weighted by Gasteiger charge is -2.11. The van der Waals surface area contributed by atoms with Crippen molar-refractivity contribution in [2.45, 2.75) is 13.0 Å². The lowest BCUT2D eigenvalue weighted by molar-refractivity contribution is 0.0941. The Hall–Kier alpha value is -0.840. The molecule has 0 aromatic heterocycles. The van der Waals surface area contributed by atoms with Crippen LogP contribution in [-0.4, -0.2) is 18.5 Å². The Morgan fingerprint density at radius 3 is 2.69 bits per heavy atom. The maximum absolute atomic E-state index is 12.9. The topological polar surface area (TPSA) is 55.1 Å². The average molecular weight is 267 g/mol. The van der Waals surface area contributed by atoms with E-state index in [1.54, 1.807) is 6.92 Å². The van der Waals surface area contributed by atoms with Crippen LogP contribution in [0.15, 0.2) is 18.2 Å². The van der Waals surface area contributed by atoms with Crippen molar-refractivity contribution in [1.29, 1.82) is 0 Å². The Morgan fingerprint density at radius 2 is 2.19 bits per heavy atom. The summed E-state index contributed by atoms with van der Waals surface area (Å²) in [7, 11) is 0. The lowest BCUT2D eigenvalue weighted by atomic mass is 10.2. The summed E-state index contributed by atoms with van der Waals surface area (Å²) >= 11 is 5.62. The zero-order valence-electron chi connectivity index (χ0n) is 8.67. The molecule has 1 aromatic carbocycles. The predicted octanol–water partition coefficient (Wildman–Crippen LogP) is 1.98. The first-order chi connectivity index (χ1) is 7.02. The molecule has 90 valence electrons. The molecule has 16 heavy (non-hydrogen) atoms. The van der Waals surface area contributed by atoms with Crippen LogP contribution in [0.5, 0.6) is 0 Å². The number of nitrogens with two attached hydrogens (primary N) is 1. The van der Waals surface area contributed by atoms with Gasteiger partial charge < -0.3 is 11.1 Å². The number of nitrogens with one attached hydrogen (secondary N) is 1. The van der Waals surface area contributed by atoms with Gasteiger partial charge in [0, 0.05) is 23.2 Å². The fraction of sp³-hybridized carbons (Fsp3) is 0.300. The van der Waals surface area contributed by atoms with E-state index in [2.05, 4.69) is 5.32 Å². The molecular formula is C10H13Cl2FN2O. The van der Waals surface area contributed by atoms with Crippen molar-refractivity contribution in [2.75, 3.05) is 6.54 Å². The Kier molecular flexibility index (Phi) is 6.33. The predicted molar refractivity (Wildman–Crippen MR) is 64.6 cm³/mol. The number of hydrogen-bond donors (Lipinski definition) is 2. The molecule has 0 fully saturated rings. The summed E-state index contributed by atoms with van der Waals surface area (Å²) in [6.45, 7) is 2.09. The van der Waals surface area contributed by atoms with E-state index >= 15 is 0 Å². The standard InChI is InChI=1S/C10H12ClFN2O.ClH/c1-6(5-13)14-10(15)7-2-8(11)4-9(12)3-7;/h2-4,6H,5,13H2,1H3,(H,14,15);1H/t6-;/m1./s1. The number of halogens is 3. The molecule has 0 radical (unpaired) electrons. The van der Waals surface area contributed by atoms with Gasteiger partial charge in [0.05, 0.1) is 0 Å². The molecule has 1 atom stereocenters. The molecule has 0 aliphatic heterocycles. The quantitative estimate of drug-likeness (QED) is 0.879. The van der Waals surface area contributed by atoms with Gasteiger partial charge in [-0.25, -0.2) is 4.39 Å². The summed E-state index contributed by atoms with van der Waals surface area (Å²) in [5, 5.41) is 2.81. The zero-order chi connectivity index (χ0) is 11.4. The molecule has 3 N–H and O–H groups in total. The summed E-state index contributed by atoms with van der Waals surface area (Å²) in [6.07, 6.45) is 0. The maximum atomic E-state index is 12.9. The maximum Gasteiger partial charge on any atom is 0.251 e. The Morgan fingerprint density at radius 1 is 1.56 bits per heavy atom. The van der Waals surface area contributed by atoms with Crippen LogP contribution in [0.3, 0.4) is 0 Å². The van der Waals surface area contributed by atoms with Crippen LogP contribution >= 0.6 is 24.0 Å². The molecule has 0 bridgehead atoms. The molecular weight excluding hydrogens is 254 g/mol. The van der Waals surface area contributed by atoms with Gasteiger partial charge in [0.2, 0.25) is 0 Å². The van der Waals surface area contributed by atoms with E-state index in [0.717, 1.165) is 12.1 Å². The van der Waals surface area contributed by atoms with Gasteiger partial charge in [-0.3, -0.25) is 4.79 Å². The Labute approximate surface area is 105 Å². The van der Waals surface area contributed by atoms with Gasteiger partial charge in [-0.15, -0.1) is 12.4 Å². The highest BCUT2D eigenvalue weighted by atomic mass is 35.5. The van der Waals surface area contributed by atoms with Crippen LogP contribution in [0.4, 0.5) is 4.39 Å². The van der Waals surface area contributed by atoms with Gasteiger partial charge in [0.1, 0.15) is 5.82 Å². The minimum absolute atomic E-state index is 0. The minimum atomic E-state index is -0.534. The number of benzene rings is 1. The van der Waals surface area contributed by atoms with Gasteiger partial charge >= 0.3 is 0 Å². The minimum Gasteiger partial charge on any atom is -0.348 e. The van der Waals surface area contributed by atoms with E-state index < -0.39 is 5.82 Å². The molecule has 0 spiro atoms. The van der Waals surface area contributed by atoms with Gasteiger partial charge in [0.15, 0.2) is 0 Å². The van der Waals surface area contributed by atoms with E-state index in [-0.39, 0.29) is 34.9 Å². The van der Waals surface area contributed by atoms with Crippen molar-refractivity contribution in [1.82, 2.24) is 5.32 Å². The van der Waals surface area contributed by atoms with Crippen molar-refractivity contribution in [3.8, 4) is 0 Å². The van der Waals surface area contributed by atoms with Crippen molar-refractivity contribution in [3.05, 3.63) is 34.6 Å². The largest absolute Gasteiger partial charge is 0.348 e. The molecule has 0 heterocycles. The second-order valence-corrected chi connectivity index (χ2v) is 3.70. The summed E-state index contributed by atoms with van der Waals surface area (Å²) < 4.78 is 12.9. The lowest BCUT2D eigenvalue weighted by Crippen LogP contribution is -2.37. The number of amides is 1. The number of carbonyl (C=O) groups excluding carboxylic acids is 1. The van der Waals surface area contributed by atoms with Gasteiger partial charge in [-0.2, -0.15) is 0 Å². The van der Waals surface area contributed by atoms with Crippen LogP contribution in [0.2, 0.25) is 5.02 Å². The summed E-state index contributed by atoms with van der Waals surface area (Å²) in [5.41, 5.74) is 5.54. The molecule has 1 rings (SSSR count). The van der Waals surface area contributed by atoms with Crippen LogP contribution in [0, 0.1) is 5.82 Å². The number of rotatable bonds is 3. The SMILES string of the molecule is C[C@H](CN)NC(=O)c1cc(F)cc(Cl)c1.Cl. The molecule has 6 heteroatoms. The highest BCUT2D eigenvalue weighted by Gasteiger charge is 2.10. The zero-order valence-corrected chi connectivity index (χ0v) is 10.2. The van der Waals surface area contributed by atoms with E-state index in [4.69, 9.17) is 17.3 Å². The van der Waals surface area contributed by atoms with Crippen molar-refractivity contribution < 1.29 is 9.18 Å². The van der Waals surface area contributed by atoms with Gasteiger partial charge in [-0.05, 0) is 25.1 Å². The van der Waals surface area contributed by atoms with E-state index in [0.29, 0.717) is 6.54 Å². The molecule has 0 aliphatic rings. The molecule has 1 aromatic rings. The first kappa shape index (κ1) is 15.2. The molecule has 0 saturated heterocycles. The molecule has 0 saturated carbocycles. The summed E-state index contributed by atoms with van der Waals surface area (Å²) in [6, 6.07) is 3.53. The number of hydrogen-bond acceptors (Lipinski definition) is 2. The first-order valence-electron chi connectivity index (χ1n) is 4.50.